The first kappa shape index (κ1) is 62.3. The number of amides is 1. The van der Waals surface area contributed by atoms with Crippen molar-refractivity contribution in [1.82, 2.24) is 5.32 Å². The Morgan fingerprint density at radius 2 is 0.734 bits per heavy atom. The number of carbonyl (C=O) groups excluding carboxylic acids is 2. The lowest BCUT2D eigenvalue weighted by atomic mass is 10.0. The van der Waals surface area contributed by atoms with E-state index in [4.69, 9.17) is 4.74 Å². The lowest BCUT2D eigenvalue weighted by molar-refractivity contribution is -0.143. The van der Waals surface area contributed by atoms with Crippen LogP contribution in [0.1, 0.15) is 309 Å². The molecule has 1 amide bonds. The number of hydrogen-bond acceptors (Lipinski definition) is 5. The van der Waals surface area contributed by atoms with Crippen LogP contribution >= 0.6 is 0 Å². The van der Waals surface area contributed by atoms with E-state index >= 15 is 0 Å². The van der Waals surface area contributed by atoms with Gasteiger partial charge in [0, 0.05) is 12.8 Å². The van der Waals surface area contributed by atoms with E-state index in [0.29, 0.717) is 19.4 Å². The number of allylic oxidation sites excluding steroid dienone is 3. The number of rotatable bonds is 53. The molecule has 378 valence electrons. The highest BCUT2D eigenvalue weighted by Crippen LogP contribution is 2.17. The van der Waals surface area contributed by atoms with Gasteiger partial charge in [0.05, 0.1) is 25.4 Å². The minimum absolute atomic E-state index is 0.0132. The van der Waals surface area contributed by atoms with Crippen LogP contribution in [0.4, 0.5) is 0 Å². The topological polar surface area (TPSA) is 95.9 Å². The highest BCUT2D eigenvalue weighted by atomic mass is 16.5. The van der Waals surface area contributed by atoms with Crippen molar-refractivity contribution in [1.29, 1.82) is 0 Å². The van der Waals surface area contributed by atoms with Gasteiger partial charge in [0.25, 0.3) is 0 Å². The van der Waals surface area contributed by atoms with Crippen molar-refractivity contribution in [3.63, 3.8) is 0 Å². The molecule has 0 rings (SSSR count). The predicted molar refractivity (Wildman–Crippen MR) is 278 cm³/mol. The summed E-state index contributed by atoms with van der Waals surface area (Å²) >= 11 is 0. The van der Waals surface area contributed by atoms with Gasteiger partial charge >= 0.3 is 5.97 Å². The maximum absolute atomic E-state index is 12.5. The Balaban J connectivity index is 3.48. The molecule has 0 heterocycles. The summed E-state index contributed by atoms with van der Waals surface area (Å²) in [6, 6.07) is -0.636. The lowest BCUT2D eigenvalue weighted by Crippen LogP contribution is -2.45. The summed E-state index contributed by atoms with van der Waals surface area (Å²) < 4.78 is 5.45. The van der Waals surface area contributed by atoms with Crippen molar-refractivity contribution in [3.8, 4) is 0 Å². The van der Waals surface area contributed by atoms with Gasteiger partial charge in [0.2, 0.25) is 5.91 Å². The summed E-state index contributed by atoms with van der Waals surface area (Å²) in [5.74, 6) is -0.0895. The minimum Gasteiger partial charge on any atom is -0.466 e. The number of aliphatic hydroxyl groups excluding tert-OH is 2. The summed E-state index contributed by atoms with van der Waals surface area (Å²) in [6.07, 6.45) is 64.8. The van der Waals surface area contributed by atoms with E-state index in [1.54, 1.807) is 6.08 Å². The molecule has 2 atom stereocenters. The SMILES string of the molecule is CCCCC/C=C\CCCCCCCC(=O)OCCCCCCCCCCCCCCCCC(=O)NC(CO)C(O)/C=C/CCCCCCCCCCCCCCCCCCCCC. The lowest BCUT2D eigenvalue weighted by Gasteiger charge is -2.20. The standard InChI is InChI=1S/C58H111NO5/c1-3-5-7-9-11-13-15-17-18-19-20-21-22-23-24-27-30-34-38-42-46-50-56(61)55(54-60)59-57(62)51-47-43-39-35-31-28-25-26-29-33-37-41-45-49-53-64-58(63)52-48-44-40-36-32-16-14-12-10-8-6-4-2/h12,14,46,50,55-56,60-61H,3-11,13,15-45,47-49,51-54H2,1-2H3,(H,59,62)/b14-12-,50-46+. The first-order valence-corrected chi connectivity index (χ1v) is 28.6. The van der Waals surface area contributed by atoms with Gasteiger partial charge in [-0.15, -0.1) is 0 Å². The van der Waals surface area contributed by atoms with Crippen LogP contribution in [0.25, 0.3) is 0 Å². The van der Waals surface area contributed by atoms with Crippen LogP contribution in [0.5, 0.6) is 0 Å². The maximum Gasteiger partial charge on any atom is 0.305 e. The number of esters is 1. The van der Waals surface area contributed by atoms with Crippen LogP contribution in [0.2, 0.25) is 0 Å². The van der Waals surface area contributed by atoms with Crippen LogP contribution < -0.4 is 5.32 Å². The van der Waals surface area contributed by atoms with E-state index in [0.717, 1.165) is 57.8 Å². The normalized spacial score (nSPS) is 12.8. The zero-order valence-electron chi connectivity index (χ0n) is 43.0. The maximum atomic E-state index is 12.5. The molecule has 0 spiro atoms. The van der Waals surface area contributed by atoms with Crippen LogP contribution in [0, 0.1) is 0 Å². The molecule has 0 saturated heterocycles. The molecule has 0 aliphatic rings. The predicted octanol–water partition coefficient (Wildman–Crippen LogP) is 17.5. The summed E-state index contributed by atoms with van der Waals surface area (Å²) in [5, 5.41) is 23.2. The second kappa shape index (κ2) is 54.0. The van der Waals surface area contributed by atoms with Crippen molar-refractivity contribution < 1.29 is 24.5 Å². The van der Waals surface area contributed by atoms with Crippen LogP contribution in [0.3, 0.4) is 0 Å². The molecule has 0 saturated carbocycles. The second-order valence-electron chi connectivity index (χ2n) is 19.6. The van der Waals surface area contributed by atoms with Crippen molar-refractivity contribution in [2.45, 2.75) is 321 Å². The molecule has 0 radical (unpaired) electrons. The Morgan fingerprint density at radius 3 is 1.14 bits per heavy atom. The van der Waals surface area contributed by atoms with Crippen LogP contribution in [0.15, 0.2) is 24.3 Å². The van der Waals surface area contributed by atoms with Crippen molar-refractivity contribution in [2.75, 3.05) is 13.2 Å². The van der Waals surface area contributed by atoms with E-state index in [1.165, 1.54) is 225 Å². The molecule has 6 heteroatoms. The summed E-state index contributed by atoms with van der Waals surface area (Å²) in [7, 11) is 0. The molecular weight excluding hydrogens is 791 g/mol. The number of ether oxygens (including phenoxy) is 1. The number of unbranched alkanes of at least 4 members (excludes halogenated alkanes) is 40. The first-order valence-electron chi connectivity index (χ1n) is 28.6. The van der Waals surface area contributed by atoms with Gasteiger partial charge in [-0.25, -0.2) is 0 Å². The fourth-order valence-electron chi connectivity index (χ4n) is 8.81. The fourth-order valence-corrected chi connectivity index (χ4v) is 8.81. The van der Waals surface area contributed by atoms with Gasteiger partial charge in [-0.2, -0.15) is 0 Å². The monoisotopic (exact) mass is 902 g/mol. The smallest absolute Gasteiger partial charge is 0.305 e. The molecular formula is C58H111NO5. The zero-order chi connectivity index (χ0) is 46.5. The third kappa shape index (κ3) is 49.8. The third-order valence-electron chi connectivity index (χ3n) is 13.2. The van der Waals surface area contributed by atoms with Crippen LogP contribution in [-0.2, 0) is 14.3 Å². The van der Waals surface area contributed by atoms with Gasteiger partial charge in [-0.05, 0) is 57.8 Å². The van der Waals surface area contributed by atoms with E-state index in [2.05, 4.69) is 31.3 Å². The molecule has 0 aromatic heterocycles. The molecule has 0 aliphatic heterocycles. The average Bonchev–Trinajstić information content (AvgIpc) is 3.29. The van der Waals surface area contributed by atoms with E-state index in [1.807, 2.05) is 6.08 Å². The Labute approximate surface area is 399 Å². The van der Waals surface area contributed by atoms with Gasteiger partial charge in [-0.1, -0.05) is 263 Å². The molecule has 0 aromatic carbocycles. The molecule has 0 bridgehead atoms. The Hall–Kier alpha value is -1.66. The van der Waals surface area contributed by atoms with Gasteiger partial charge in [0.15, 0.2) is 0 Å². The van der Waals surface area contributed by atoms with E-state index < -0.39 is 12.1 Å². The number of aliphatic hydroxyl groups is 2. The molecule has 2 unspecified atom stereocenters. The highest BCUT2D eigenvalue weighted by Gasteiger charge is 2.18. The molecule has 3 N–H and O–H groups in total. The molecule has 64 heavy (non-hydrogen) atoms. The molecule has 0 aromatic rings. The second-order valence-corrected chi connectivity index (χ2v) is 19.6. The van der Waals surface area contributed by atoms with Crippen molar-refractivity contribution in [3.05, 3.63) is 24.3 Å². The van der Waals surface area contributed by atoms with Crippen LogP contribution in [-0.4, -0.2) is 47.4 Å². The summed E-state index contributed by atoms with van der Waals surface area (Å²) in [5.41, 5.74) is 0. The Kier molecular flexibility index (Phi) is 52.6. The van der Waals surface area contributed by atoms with Gasteiger partial charge < -0.3 is 20.3 Å². The van der Waals surface area contributed by atoms with Gasteiger partial charge in [-0.3, -0.25) is 9.59 Å². The van der Waals surface area contributed by atoms with E-state index in [9.17, 15) is 19.8 Å². The Bertz CT molecular complexity index is 997. The fraction of sp³-hybridized carbons (Fsp3) is 0.897. The zero-order valence-corrected chi connectivity index (χ0v) is 43.0. The van der Waals surface area contributed by atoms with Crippen molar-refractivity contribution >= 4 is 11.9 Å². The number of nitrogens with one attached hydrogen (secondary N) is 1. The number of hydrogen-bond donors (Lipinski definition) is 3. The number of carbonyl (C=O) groups is 2. The minimum atomic E-state index is -0.852. The Morgan fingerprint density at radius 1 is 0.422 bits per heavy atom. The highest BCUT2D eigenvalue weighted by molar-refractivity contribution is 5.76. The van der Waals surface area contributed by atoms with Crippen molar-refractivity contribution in [2.24, 2.45) is 0 Å². The van der Waals surface area contributed by atoms with Gasteiger partial charge in [0.1, 0.15) is 0 Å². The summed E-state index contributed by atoms with van der Waals surface area (Å²) in [4.78, 5) is 24.5. The molecule has 0 aliphatic carbocycles. The molecule has 0 fully saturated rings. The summed E-state index contributed by atoms with van der Waals surface area (Å²) in [6.45, 7) is 4.87. The first-order chi connectivity index (χ1) is 31.5. The third-order valence-corrected chi connectivity index (χ3v) is 13.2. The van der Waals surface area contributed by atoms with E-state index in [-0.39, 0.29) is 18.5 Å². The largest absolute Gasteiger partial charge is 0.466 e. The quantitative estimate of drug-likeness (QED) is 0.0321. The molecule has 6 nitrogen and oxygen atoms in total. The average molecular weight is 903 g/mol.